The van der Waals surface area contributed by atoms with E-state index < -0.39 is 10.8 Å². The van der Waals surface area contributed by atoms with E-state index in [4.69, 9.17) is 5.73 Å². The molecule has 1 atom stereocenters. The Kier molecular flexibility index (Phi) is 3.43. The smallest absolute Gasteiger partial charge is 0.229 e. The number of aromatic nitrogens is 3. The fourth-order valence-electron chi connectivity index (χ4n) is 5.87. The lowest BCUT2D eigenvalue weighted by Crippen LogP contribution is -2.36. The summed E-state index contributed by atoms with van der Waals surface area (Å²) in [5.41, 5.74) is 11.3. The quantitative estimate of drug-likeness (QED) is 0.438. The fourth-order valence-corrected chi connectivity index (χ4v) is 5.87. The Morgan fingerprint density at radius 2 is 1.09 bits per heavy atom. The average molecular weight is 431 g/mol. The van der Waals surface area contributed by atoms with E-state index in [1.165, 1.54) is 0 Å². The summed E-state index contributed by atoms with van der Waals surface area (Å²) in [4.78, 5) is 13.4. The molecule has 6 aromatic rings. The third-order valence-corrected chi connectivity index (χ3v) is 7.55. The summed E-state index contributed by atoms with van der Waals surface area (Å²) in [6.07, 6.45) is 13.1. The summed E-state index contributed by atoms with van der Waals surface area (Å²) in [6.45, 7) is 0. The van der Waals surface area contributed by atoms with Gasteiger partial charge in [-0.3, -0.25) is 4.79 Å². The van der Waals surface area contributed by atoms with Crippen LogP contribution < -0.4 is 5.73 Å². The first-order chi connectivity index (χ1) is 16.1. The zero-order chi connectivity index (χ0) is 22.2. The van der Waals surface area contributed by atoms with Crippen molar-refractivity contribution in [3.8, 4) is 0 Å². The predicted molar refractivity (Wildman–Crippen MR) is 128 cm³/mol. The Morgan fingerprint density at radius 1 is 0.667 bits per heavy atom. The van der Waals surface area contributed by atoms with Crippen molar-refractivity contribution in [1.29, 1.82) is 0 Å². The van der Waals surface area contributed by atoms with Crippen molar-refractivity contribution in [2.45, 2.75) is 17.3 Å². The van der Waals surface area contributed by atoms with Crippen LogP contribution in [-0.2, 0) is 15.6 Å². The largest absolute Gasteiger partial charge is 0.369 e. The molecule has 33 heavy (non-hydrogen) atoms. The molecule has 5 heteroatoms. The number of carbonyl (C=O) groups excluding carboxylic acids is 1. The van der Waals surface area contributed by atoms with Crippen LogP contribution in [-0.4, -0.2) is 19.1 Å². The van der Waals surface area contributed by atoms with Gasteiger partial charge in [0.15, 0.2) is 0 Å². The van der Waals surface area contributed by atoms with Crippen molar-refractivity contribution in [1.82, 2.24) is 13.2 Å². The van der Waals surface area contributed by atoms with Crippen LogP contribution in [0.5, 0.6) is 0 Å². The molecule has 1 fully saturated rings. The molecule has 1 saturated carbocycles. The minimum absolute atomic E-state index is 0.288. The molecule has 0 spiro atoms. The van der Waals surface area contributed by atoms with Gasteiger partial charge in [-0.15, -0.1) is 0 Å². The van der Waals surface area contributed by atoms with Gasteiger partial charge < -0.3 is 18.9 Å². The molecule has 1 aliphatic carbocycles. The van der Waals surface area contributed by atoms with Gasteiger partial charge >= 0.3 is 0 Å². The molecule has 1 amide bonds. The van der Waals surface area contributed by atoms with Crippen LogP contribution in [0.15, 0.2) is 110 Å². The second-order valence-electron chi connectivity index (χ2n) is 9.14. The molecule has 0 aliphatic heterocycles. The van der Waals surface area contributed by atoms with Crippen molar-refractivity contribution in [3.05, 3.63) is 127 Å². The third kappa shape index (κ3) is 2.28. The number of carbonyl (C=O) groups is 1. The summed E-state index contributed by atoms with van der Waals surface area (Å²) < 4.78 is 6.30. The molecule has 6 heterocycles. The number of nitrogens with two attached hydrogens (primary N) is 1. The van der Waals surface area contributed by atoms with Crippen molar-refractivity contribution >= 4 is 22.5 Å². The van der Waals surface area contributed by atoms with Crippen molar-refractivity contribution in [2.75, 3.05) is 0 Å². The van der Waals surface area contributed by atoms with Crippen LogP contribution in [0.4, 0.5) is 0 Å². The molecule has 1 unspecified atom stereocenters. The number of amides is 1. The summed E-state index contributed by atoms with van der Waals surface area (Å²) >= 11 is 0. The van der Waals surface area contributed by atoms with E-state index >= 15 is 0 Å². The third-order valence-electron chi connectivity index (χ3n) is 7.55. The van der Waals surface area contributed by atoms with E-state index in [9.17, 15) is 4.79 Å². The molecular weight excluding hydrogens is 408 g/mol. The topological polar surface area (TPSA) is 56.3 Å². The maximum Gasteiger partial charge on any atom is 0.229 e. The molecule has 5 nitrogen and oxygen atoms in total. The highest BCUT2D eigenvalue weighted by Crippen LogP contribution is 2.69. The number of hydrogen-bond donors (Lipinski definition) is 1. The highest BCUT2D eigenvalue weighted by atomic mass is 16.1. The standard InChI is InChI=1S/C28H22N4O/c29-26(33)28(22-15-25-9-3-6-12-32(25)18-22)19-27(28,20-13-23-7-1-4-10-30(23)16-20)21-14-24-8-2-5-11-31(24)17-21/h1-18H,19H2,(H2,29,33). The van der Waals surface area contributed by atoms with E-state index in [1.54, 1.807) is 0 Å². The first-order valence-corrected chi connectivity index (χ1v) is 11.1. The van der Waals surface area contributed by atoms with Crippen LogP contribution in [0.1, 0.15) is 23.1 Å². The SMILES string of the molecule is NC(=O)C1(c2cc3ccccn3c2)CC1(c1cc2ccccn2c1)c1cc2ccccn2c1. The Labute approximate surface area is 190 Å². The van der Waals surface area contributed by atoms with Crippen LogP contribution >= 0.6 is 0 Å². The number of nitrogens with zero attached hydrogens (tertiary/aromatic N) is 3. The minimum atomic E-state index is -0.825. The number of fused-ring (bicyclic) bond motifs is 3. The van der Waals surface area contributed by atoms with E-state index in [0.717, 1.165) is 33.2 Å². The summed E-state index contributed by atoms with van der Waals surface area (Å²) in [5, 5.41) is 0. The number of pyridine rings is 3. The molecule has 0 aromatic carbocycles. The molecule has 1 aliphatic rings. The molecule has 2 N–H and O–H groups in total. The van der Waals surface area contributed by atoms with Gasteiger partial charge in [-0.05, 0) is 77.7 Å². The van der Waals surface area contributed by atoms with Crippen LogP contribution in [0.2, 0.25) is 0 Å². The zero-order valence-electron chi connectivity index (χ0n) is 17.9. The van der Waals surface area contributed by atoms with Gasteiger partial charge in [0.05, 0.1) is 5.41 Å². The number of primary amides is 1. The van der Waals surface area contributed by atoms with Crippen molar-refractivity contribution in [2.24, 2.45) is 5.73 Å². The Morgan fingerprint density at radius 3 is 1.52 bits per heavy atom. The minimum Gasteiger partial charge on any atom is -0.369 e. The first-order valence-electron chi connectivity index (χ1n) is 11.1. The van der Waals surface area contributed by atoms with Crippen molar-refractivity contribution < 1.29 is 4.79 Å². The van der Waals surface area contributed by atoms with Crippen LogP contribution in [0, 0.1) is 0 Å². The number of hydrogen-bond acceptors (Lipinski definition) is 1. The van der Waals surface area contributed by atoms with Crippen LogP contribution in [0.3, 0.4) is 0 Å². The van der Waals surface area contributed by atoms with Crippen LogP contribution in [0.25, 0.3) is 16.6 Å². The van der Waals surface area contributed by atoms with Gasteiger partial charge in [-0.2, -0.15) is 0 Å². The van der Waals surface area contributed by atoms with Gasteiger partial charge in [0.2, 0.25) is 5.91 Å². The zero-order valence-corrected chi connectivity index (χ0v) is 17.9. The van der Waals surface area contributed by atoms with Crippen molar-refractivity contribution in [3.63, 3.8) is 0 Å². The maximum absolute atomic E-state index is 13.4. The van der Waals surface area contributed by atoms with Gasteiger partial charge in [0.25, 0.3) is 0 Å². The van der Waals surface area contributed by atoms with E-state index in [-0.39, 0.29) is 5.91 Å². The van der Waals surface area contributed by atoms with Gasteiger partial charge in [0, 0.05) is 59.1 Å². The second-order valence-corrected chi connectivity index (χ2v) is 9.14. The maximum atomic E-state index is 13.4. The predicted octanol–water partition coefficient (Wildman–Crippen LogP) is 4.56. The van der Waals surface area contributed by atoms with E-state index in [1.807, 2.05) is 55.0 Å². The average Bonchev–Trinajstić information content (AvgIpc) is 3.21. The Balaban J connectivity index is 1.53. The summed E-state index contributed by atoms with van der Waals surface area (Å²) in [6, 6.07) is 24.9. The lowest BCUT2D eigenvalue weighted by atomic mass is 9.79. The summed E-state index contributed by atoms with van der Waals surface area (Å²) in [5.74, 6) is -0.288. The normalized spacial score (nSPS) is 19.4. The van der Waals surface area contributed by atoms with Gasteiger partial charge in [0.1, 0.15) is 0 Å². The van der Waals surface area contributed by atoms with E-state index in [0.29, 0.717) is 6.42 Å². The molecule has 0 bridgehead atoms. The lowest BCUT2D eigenvalue weighted by Gasteiger charge is -2.22. The highest BCUT2D eigenvalue weighted by molar-refractivity contribution is 5.96. The monoisotopic (exact) mass is 430 g/mol. The first kappa shape index (κ1) is 18.3. The molecule has 160 valence electrons. The molecule has 7 rings (SSSR count). The fraction of sp³-hybridized carbons (Fsp3) is 0.107. The highest BCUT2D eigenvalue weighted by Gasteiger charge is 2.74. The molecule has 6 aromatic heterocycles. The van der Waals surface area contributed by atoms with E-state index in [2.05, 4.69) is 68.2 Å². The second kappa shape index (κ2) is 6.17. The Hall–Kier alpha value is -4.25. The molecular formula is C28H22N4O. The lowest BCUT2D eigenvalue weighted by molar-refractivity contribution is -0.120. The van der Waals surface area contributed by atoms with Gasteiger partial charge in [-0.1, -0.05) is 18.2 Å². The summed E-state index contributed by atoms with van der Waals surface area (Å²) in [7, 11) is 0. The van der Waals surface area contributed by atoms with Gasteiger partial charge in [-0.25, -0.2) is 0 Å². The number of rotatable bonds is 4. The Bertz CT molecular complexity index is 1530. The molecule has 0 saturated heterocycles. The molecule has 0 radical (unpaired) electrons.